The third-order valence-corrected chi connectivity index (χ3v) is 5.58. The Hall–Kier alpha value is -1.79. The molecule has 6 heteroatoms. The third-order valence-electron chi connectivity index (χ3n) is 4.57. The van der Waals surface area contributed by atoms with Gasteiger partial charge in [-0.15, -0.1) is 11.3 Å². The first kappa shape index (κ1) is 17.0. The van der Waals surface area contributed by atoms with Gasteiger partial charge in [0, 0.05) is 19.9 Å². The maximum atomic E-state index is 13.1. The number of aromatic nitrogens is 2. The van der Waals surface area contributed by atoms with Crippen molar-refractivity contribution in [2.24, 2.45) is 0 Å². The number of carbonyl (C=O) groups is 1. The zero-order valence-electron chi connectivity index (χ0n) is 14.2. The highest BCUT2D eigenvalue weighted by Gasteiger charge is 2.43. The lowest BCUT2D eigenvalue weighted by molar-refractivity contribution is 0.0258. The predicted molar refractivity (Wildman–Crippen MR) is 95.1 cm³/mol. The van der Waals surface area contributed by atoms with Gasteiger partial charge < -0.3 is 9.64 Å². The zero-order valence-corrected chi connectivity index (χ0v) is 15.0. The first-order valence-electron chi connectivity index (χ1n) is 8.38. The smallest absolute Gasteiger partial charge is 0.266 e. The van der Waals surface area contributed by atoms with Crippen LogP contribution >= 0.6 is 11.3 Å². The van der Waals surface area contributed by atoms with Gasteiger partial charge in [-0.1, -0.05) is 19.4 Å². The van der Waals surface area contributed by atoms with Gasteiger partial charge in [-0.05, 0) is 31.4 Å². The normalized spacial score (nSPS) is 20.5. The fourth-order valence-corrected chi connectivity index (χ4v) is 4.43. The van der Waals surface area contributed by atoms with E-state index in [4.69, 9.17) is 4.74 Å². The molecule has 3 heterocycles. The number of rotatable bonds is 6. The molecule has 0 aromatic carbocycles. The molecule has 1 saturated heterocycles. The van der Waals surface area contributed by atoms with Gasteiger partial charge in [0.2, 0.25) is 0 Å². The van der Waals surface area contributed by atoms with Gasteiger partial charge in [0.15, 0.2) is 0 Å². The second-order valence-corrected chi connectivity index (χ2v) is 7.24. The SMILES string of the molecule is CCCC1(COC)CCCN1C(=O)c1cnc(-c2ccccn2)s1. The van der Waals surface area contributed by atoms with Gasteiger partial charge in [-0.25, -0.2) is 4.98 Å². The number of pyridine rings is 1. The molecule has 24 heavy (non-hydrogen) atoms. The summed E-state index contributed by atoms with van der Waals surface area (Å²) in [5.41, 5.74) is 0.634. The van der Waals surface area contributed by atoms with Gasteiger partial charge in [-0.3, -0.25) is 9.78 Å². The van der Waals surface area contributed by atoms with Crippen molar-refractivity contribution in [1.29, 1.82) is 0 Å². The van der Waals surface area contributed by atoms with Crippen molar-refractivity contribution in [3.8, 4) is 10.7 Å². The second kappa shape index (κ2) is 7.40. The number of amides is 1. The highest BCUT2D eigenvalue weighted by atomic mass is 32.1. The molecule has 0 saturated carbocycles. The van der Waals surface area contributed by atoms with Crippen LogP contribution in [-0.2, 0) is 4.74 Å². The van der Waals surface area contributed by atoms with E-state index in [1.807, 2.05) is 23.1 Å². The van der Waals surface area contributed by atoms with Crippen molar-refractivity contribution < 1.29 is 9.53 Å². The number of likely N-dealkylation sites (tertiary alicyclic amines) is 1. The number of hydrogen-bond donors (Lipinski definition) is 0. The molecule has 2 aromatic rings. The van der Waals surface area contributed by atoms with Crippen LogP contribution in [0.1, 0.15) is 42.3 Å². The van der Waals surface area contributed by atoms with Crippen LogP contribution in [0.25, 0.3) is 10.7 Å². The summed E-state index contributed by atoms with van der Waals surface area (Å²) >= 11 is 1.41. The van der Waals surface area contributed by atoms with Crippen LogP contribution in [0.2, 0.25) is 0 Å². The summed E-state index contributed by atoms with van der Waals surface area (Å²) in [7, 11) is 1.71. The lowest BCUT2D eigenvalue weighted by atomic mass is 9.91. The first-order valence-corrected chi connectivity index (χ1v) is 9.20. The van der Waals surface area contributed by atoms with E-state index < -0.39 is 0 Å². The van der Waals surface area contributed by atoms with E-state index in [1.54, 1.807) is 19.5 Å². The van der Waals surface area contributed by atoms with Gasteiger partial charge in [-0.2, -0.15) is 0 Å². The molecule has 1 amide bonds. The Morgan fingerprint density at radius 2 is 2.29 bits per heavy atom. The summed E-state index contributed by atoms with van der Waals surface area (Å²) in [5, 5.41) is 0.783. The molecular weight excluding hydrogens is 322 g/mol. The van der Waals surface area contributed by atoms with E-state index >= 15 is 0 Å². The van der Waals surface area contributed by atoms with E-state index in [1.165, 1.54) is 11.3 Å². The number of methoxy groups -OCH3 is 1. The minimum atomic E-state index is -0.171. The standard InChI is InChI=1S/C18H23N3O2S/c1-3-8-18(13-23-2)9-6-11-21(18)17(22)15-12-20-16(24-15)14-7-4-5-10-19-14/h4-5,7,10,12H,3,6,8-9,11,13H2,1-2H3. The number of thiazole rings is 1. The number of carbonyl (C=O) groups excluding carboxylic acids is 1. The molecule has 5 nitrogen and oxygen atoms in total. The van der Waals surface area contributed by atoms with Crippen LogP contribution in [0.4, 0.5) is 0 Å². The number of hydrogen-bond acceptors (Lipinski definition) is 5. The average molecular weight is 345 g/mol. The maximum absolute atomic E-state index is 13.1. The summed E-state index contributed by atoms with van der Waals surface area (Å²) in [6.07, 6.45) is 7.46. The Balaban J connectivity index is 1.84. The van der Waals surface area contributed by atoms with Crippen molar-refractivity contribution >= 4 is 17.2 Å². The van der Waals surface area contributed by atoms with Gasteiger partial charge >= 0.3 is 0 Å². The molecule has 128 valence electrons. The lowest BCUT2D eigenvalue weighted by Gasteiger charge is -2.37. The Morgan fingerprint density at radius 1 is 1.42 bits per heavy atom. The molecule has 2 aromatic heterocycles. The molecule has 1 aliphatic heterocycles. The predicted octanol–water partition coefficient (Wildman–Crippen LogP) is 3.63. The van der Waals surface area contributed by atoms with Crippen LogP contribution in [0.3, 0.4) is 0 Å². The van der Waals surface area contributed by atoms with E-state index in [0.29, 0.717) is 11.5 Å². The van der Waals surface area contributed by atoms with Gasteiger partial charge in [0.1, 0.15) is 9.88 Å². The number of nitrogens with zero attached hydrogens (tertiary/aromatic N) is 3. The van der Waals surface area contributed by atoms with Crippen LogP contribution < -0.4 is 0 Å². The summed E-state index contributed by atoms with van der Waals surface area (Å²) < 4.78 is 5.46. The third kappa shape index (κ3) is 3.21. The maximum Gasteiger partial charge on any atom is 0.266 e. The highest BCUT2D eigenvalue weighted by Crippen LogP contribution is 2.36. The minimum absolute atomic E-state index is 0.0673. The summed E-state index contributed by atoms with van der Waals surface area (Å²) in [6, 6.07) is 5.71. The van der Waals surface area contributed by atoms with Crippen LogP contribution in [0.15, 0.2) is 30.6 Å². The van der Waals surface area contributed by atoms with E-state index in [0.717, 1.165) is 42.9 Å². The van der Waals surface area contributed by atoms with Crippen molar-refractivity contribution in [1.82, 2.24) is 14.9 Å². The van der Waals surface area contributed by atoms with E-state index in [2.05, 4.69) is 16.9 Å². The monoisotopic (exact) mass is 345 g/mol. The second-order valence-electron chi connectivity index (χ2n) is 6.21. The Kier molecular flexibility index (Phi) is 5.26. The molecule has 0 spiro atoms. The Bertz CT molecular complexity index is 681. The van der Waals surface area contributed by atoms with Gasteiger partial charge in [0.25, 0.3) is 5.91 Å². The lowest BCUT2D eigenvalue weighted by Crippen LogP contribution is -2.50. The van der Waals surface area contributed by atoms with E-state index in [-0.39, 0.29) is 11.4 Å². The number of ether oxygens (including phenoxy) is 1. The molecule has 0 aliphatic carbocycles. The van der Waals surface area contributed by atoms with Crippen molar-refractivity contribution in [3.05, 3.63) is 35.5 Å². The average Bonchev–Trinajstić information content (AvgIpc) is 3.23. The van der Waals surface area contributed by atoms with Crippen LogP contribution in [0.5, 0.6) is 0 Å². The topological polar surface area (TPSA) is 55.3 Å². The molecule has 0 N–H and O–H groups in total. The van der Waals surface area contributed by atoms with Crippen molar-refractivity contribution in [2.75, 3.05) is 20.3 Å². The molecule has 1 atom stereocenters. The Labute approximate surface area is 146 Å². The quantitative estimate of drug-likeness (QED) is 0.802. The van der Waals surface area contributed by atoms with Crippen molar-refractivity contribution in [3.63, 3.8) is 0 Å². The summed E-state index contributed by atoms with van der Waals surface area (Å²) in [5.74, 6) is 0.0673. The van der Waals surface area contributed by atoms with Crippen LogP contribution in [0, 0.1) is 0 Å². The molecule has 1 fully saturated rings. The molecule has 3 rings (SSSR count). The first-order chi connectivity index (χ1) is 11.7. The fourth-order valence-electron chi connectivity index (χ4n) is 3.59. The summed E-state index contributed by atoms with van der Waals surface area (Å²) in [4.78, 5) is 24.5. The van der Waals surface area contributed by atoms with Gasteiger partial charge in [0.05, 0.1) is 24.0 Å². The Morgan fingerprint density at radius 3 is 3.00 bits per heavy atom. The summed E-state index contributed by atoms with van der Waals surface area (Å²) in [6.45, 7) is 3.54. The highest BCUT2D eigenvalue weighted by molar-refractivity contribution is 7.16. The molecule has 0 radical (unpaired) electrons. The molecule has 1 aliphatic rings. The minimum Gasteiger partial charge on any atom is -0.382 e. The zero-order chi connectivity index (χ0) is 17.0. The largest absolute Gasteiger partial charge is 0.382 e. The molecule has 0 bridgehead atoms. The molecular formula is C18H23N3O2S. The van der Waals surface area contributed by atoms with Crippen molar-refractivity contribution in [2.45, 2.75) is 38.1 Å². The fraction of sp³-hybridized carbons (Fsp3) is 0.500. The van der Waals surface area contributed by atoms with E-state index in [9.17, 15) is 4.79 Å². The molecule has 1 unspecified atom stereocenters. The van der Waals surface area contributed by atoms with Crippen LogP contribution in [-0.4, -0.2) is 46.6 Å².